The van der Waals surface area contributed by atoms with Crippen LogP contribution in [0.3, 0.4) is 0 Å². The first-order chi connectivity index (χ1) is 7.77. The van der Waals surface area contributed by atoms with Gasteiger partial charge in [-0.05, 0) is 12.1 Å². The summed E-state index contributed by atoms with van der Waals surface area (Å²) in [6.45, 7) is 0.606. The molecule has 0 unspecified atom stereocenters. The van der Waals surface area contributed by atoms with E-state index < -0.39 is 0 Å². The van der Waals surface area contributed by atoms with Gasteiger partial charge in [0.2, 0.25) is 0 Å². The Bertz CT molecular complexity index is 358. The summed E-state index contributed by atoms with van der Waals surface area (Å²) in [6, 6.07) is 7.46. The van der Waals surface area contributed by atoms with Crippen molar-refractivity contribution in [1.29, 1.82) is 0 Å². The minimum atomic E-state index is 0.606. The molecule has 0 atom stereocenters. The van der Waals surface area contributed by atoms with Crippen molar-refractivity contribution in [2.75, 3.05) is 26.5 Å². The van der Waals surface area contributed by atoms with Crippen LogP contribution in [0.15, 0.2) is 29.3 Å². The molecule has 0 aliphatic rings. The third-order valence-electron chi connectivity index (χ3n) is 1.83. The van der Waals surface area contributed by atoms with Crippen LogP contribution in [0.5, 0.6) is 5.75 Å². The van der Waals surface area contributed by atoms with Crippen molar-refractivity contribution >= 4 is 28.5 Å². The summed E-state index contributed by atoms with van der Waals surface area (Å²) in [5, 5.41) is 4.54. The zero-order valence-corrected chi connectivity index (χ0v) is 10.9. The number of halogens is 1. The number of hydrogen-bond acceptors (Lipinski definition) is 3. The average molecular weight is 259 g/mol. The molecule has 1 rings (SSSR count). The fraction of sp³-hybridized carbons (Fsp3) is 0.364. The fourth-order valence-electron chi connectivity index (χ4n) is 1.10. The number of nitrogens with one attached hydrogen (secondary N) is 1. The van der Waals surface area contributed by atoms with Crippen molar-refractivity contribution in [3.63, 3.8) is 0 Å². The zero-order chi connectivity index (χ0) is 11.8. The summed E-state index contributed by atoms with van der Waals surface area (Å²) in [5.41, 5.74) is 0. The number of hydrogen-bond donors (Lipinski definition) is 1. The number of benzene rings is 1. The molecule has 0 aromatic heterocycles. The summed E-state index contributed by atoms with van der Waals surface area (Å²) in [5.74, 6) is 1.56. The zero-order valence-electron chi connectivity index (χ0n) is 9.37. The summed E-state index contributed by atoms with van der Waals surface area (Å²) in [4.78, 5) is 4.06. The van der Waals surface area contributed by atoms with E-state index in [-0.39, 0.29) is 0 Å². The Hall–Kier alpha value is -0.870. The molecular formula is C11H15ClN2OS. The Labute approximate surface area is 105 Å². The van der Waals surface area contributed by atoms with Gasteiger partial charge in [0.15, 0.2) is 5.17 Å². The fourth-order valence-corrected chi connectivity index (χ4v) is 1.92. The molecule has 0 spiro atoms. The maximum Gasteiger partial charge on any atom is 0.156 e. The van der Waals surface area contributed by atoms with Crippen LogP contribution < -0.4 is 10.1 Å². The molecule has 88 valence electrons. The average Bonchev–Trinajstić information content (AvgIpc) is 2.31. The van der Waals surface area contributed by atoms with Crippen LogP contribution in [0, 0.1) is 0 Å². The van der Waals surface area contributed by atoms with Crippen LogP contribution in [0.4, 0.5) is 0 Å². The Morgan fingerprint density at radius 3 is 2.88 bits per heavy atom. The van der Waals surface area contributed by atoms with Crippen molar-refractivity contribution in [3.8, 4) is 5.75 Å². The van der Waals surface area contributed by atoms with E-state index in [1.54, 1.807) is 18.8 Å². The van der Waals surface area contributed by atoms with Crippen molar-refractivity contribution in [2.45, 2.75) is 0 Å². The smallest absolute Gasteiger partial charge is 0.156 e. The quantitative estimate of drug-likeness (QED) is 0.512. The van der Waals surface area contributed by atoms with Crippen LogP contribution in [-0.4, -0.2) is 31.6 Å². The highest BCUT2D eigenvalue weighted by molar-refractivity contribution is 8.13. The van der Waals surface area contributed by atoms with E-state index in [0.29, 0.717) is 11.6 Å². The van der Waals surface area contributed by atoms with Crippen molar-refractivity contribution in [2.24, 2.45) is 4.99 Å². The lowest BCUT2D eigenvalue weighted by Crippen LogP contribution is -2.16. The largest absolute Gasteiger partial charge is 0.491 e. The molecule has 0 saturated carbocycles. The van der Waals surface area contributed by atoms with Gasteiger partial charge in [0.05, 0.1) is 11.6 Å². The van der Waals surface area contributed by atoms with Crippen LogP contribution in [0.2, 0.25) is 5.02 Å². The minimum absolute atomic E-state index is 0.606. The first-order valence-electron chi connectivity index (χ1n) is 4.92. The normalized spacial score (nSPS) is 11.3. The van der Waals surface area contributed by atoms with E-state index in [4.69, 9.17) is 16.3 Å². The SMILES string of the molecule is CN=C(NC)SCCOc1ccccc1Cl. The first-order valence-corrected chi connectivity index (χ1v) is 6.29. The number of para-hydroxylation sites is 1. The van der Waals surface area contributed by atoms with Gasteiger partial charge in [-0.1, -0.05) is 35.5 Å². The molecule has 1 N–H and O–H groups in total. The number of ether oxygens (including phenoxy) is 1. The van der Waals surface area contributed by atoms with Gasteiger partial charge >= 0.3 is 0 Å². The molecule has 16 heavy (non-hydrogen) atoms. The van der Waals surface area contributed by atoms with Gasteiger partial charge in [0.1, 0.15) is 5.75 Å². The molecule has 0 amide bonds. The molecule has 5 heteroatoms. The van der Waals surface area contributed by atoms with Crippen LogP contribution in [0.1, 0.15) is 0 Å². The predicted octanol–water partition coefficient (Wildman–Crippen LogP) is 2.66. The van der Waals surface area contributed by atoms with E-state index in [9.17, 15) is 0 Å². The predicted molar refractivity (Wildman–Crippen MR) is 71.8 cm³/mol. The minimum Gasteiger partial charge on any atom is -0.491 e. The molecule has 0 radical (unpaired) electrons. The number of aliphatic imine (C=N–C) groups is 1. The highest BCUT2D eigenvalue weighted by Crippen LogP contribution is 2.23. The molecule has 0 heterocycles. The standard InChI is InChI=1S/C11H15ClN2OS/c1-13-11(14-2)16-8-7-15-10-6-4-3-5-9(10)12/h3-6H,7-8H2,1-2H3,(H,13,14). The Balaban J connectivity index is 2.29. The second-order valence-corrected chi connectivity index (χ2v) is 4.40. The van der Waals surface area contributed by atoms with E-state index in [1.165, 1.54) is 0 Å². The van der Waals surface area contributed by atoms with Crippen LogP contribution in [0.25, 0.3) is 0 Å². The molecule has 0 aliphatic carbocycles. The van der Waals surface area contributed by atoms with Gasteiger partial charge in [-0.15, -0.1) is 0 Å². The lowest BCUT2D eigenvalue weighted by Gasteiger charge is -2.08. The molecule has 0 saturated heterocycles. The highest BCUT2D eigenvalue weighted by Gasteiger charge is 2.00. The Morgan fingerprint density at radius 1 is 1.50 bits per heavy atom. The Morgan fingerprint density at radius 2 is 2.25 bits per heavy atom. The third kappa shape index (κ3) is 4.33. The van der Waals surface area contributed by atoms with Gasteiger partial charge < -0.3 is 10.1 Å². The second kappa shape index (κ2) is 7.41. The number of thioether (sulfide) groups is 1. The number of rotatable bonds is 4. The van der Waals surface area contributed by atoms with E-state index >= 15 is 0 Å². The van der Waals surface area contributed by atoms with Crippen molar-refractivity contribution < 1.29 is 4.74 Å². The van der Waals surface area contributed by atoms with Crippen molar-refractivity contribution in [3.05, 3.63) is 29.3 Å². The van der Waals surface area contributed by atoms with E-state index in [0.717, 1.165) is 16.7 Å². The summed E-state index contributed by atoms with van der Waals surface area (Å²) in [6.07, 6.45) is 0. The third-order valence-corrected chi connectivity index (χ3v) is 3.18. The van der Waals surface area contributed by atoms with Crippen LogP contribution in [-0.2, 0) is 0 Å². The molecule has 1 aromatic carbocycles. The molecule has 3 nitrogen and oxygen atoms in total. The van der Waals surface area contributed by atoms with Crippen molar-refractivity contribution in [1.82, 2.24) is 5.32 Å². The number of amidine groups is 1. The lowest BCUT2D eigenvalue weighted by molar-refractivity contribution is 0.344. The van der Waals surface area contributed by atoms with Crippen LogP contribution >= 0.6 is 23.4 Å². The van der Waals surface area contributed by atoms with Gasteiger partial charge in [0.25, 0.3) is 0 Å². The van der Waals surface area contributed by atoms with Gasteiger partial charge in [-0.25, -0.2) is 0 Å². The molecular weight excluding hydrogens is 244 g/mol. The first kappa shape index (κ1) is 13.2. The monoisotopic (exact) mass is 258 g/mol. The summed E-state index contributed by atoms with van der Waals surface area (Å²) < 4.78 is 5.54. The molecule has 0 bridgehead atoms. The highest BCUT2D eigenvalue weighted by atomic mass is 35.5. The number of nitrogens with zero attached hydrogens (tertiary/aromatic N) is 1. The maximum absolute atomic E-state index is 5.95. The molecule has 1 aromatic rings. The molecule has 0 fully saturated rings. The van der Waals surface area contributed by atoms with Gasteiger partial charge in [0, 0.05) is 19.8 Å². The van der Waals surface area contributed by atoms with E-state index in [2.05, 4.69) is 10.3 Å². The van der Waals surface area contributed by atoms with Gasteiger partial charge in [-0.2, -0.15) is 0 Å². The van der Waals surface area contributed by atoms with E-state index in [1.807, 2.05) is 31.3 Å². The summed E-state index contributed by atoms with van der Waals surface area (Å²) in [7, 11) is 3.61. The Kier molecular flexibility index (Phi) is 6.11. The summed E-state index contributed by atoms with van der Waals surface area (Å²) >= 11 is 7.57. The molecule has 0 aliphatic heterocycles. The maximum atomic E-state index is 5.95. The second-order valence-electron chi connectivity index (χ2n) is 2.91. The lowest BCUT2D eigenvalue weighted by atomic mass is 10.3. The van der Waals surface area contributed by atoms with Gasteiger partial charge in [-0.3, -0.25) is 4.99 Å². The topological polar surface area (TPSA) is 33.6 Å².